The zero-order valence-electron chi connectivity index (χ0n) is 15.0. The number of aromatic nitrogens is 2. The van der Waals surface area contributed by atoms with Crippen molar-refractivity contribution >= 4 is 17.8 Å². The third-order valence-corrected chi connectivity index (χ3v) is 4.21. The van der Waals surface area contributed by atoms with Gasteiger partial charge < -0.3 is 15.1 Å². The van der Waals surface area contributed by atoms with Gasteiger partial charge in [0.25, 0.3) is 5.91 Å². The molecule has 8 nitrogen and oxygen atoms in total. The molecular formula is C16H26N6O2. The van der Waals surface area contributed by atoms with Crippen molar-refractivity contribution in [2.24, 2.45) is 0 Å². The maximum absolute atomic E-state index is 12.7. The molecule has 0 aromatic carbocycles. The van der Waals surface area contributed by atoms with Crippen molar-refractivity contribution in [3.8, 4) is 0 Å². The number of carbonyl (C=O) groups is 2. The van der Waals surface area contributed by atoms with E-state index >= 15 is 0 Å². The summed E-state index contributed by atoms with van der Waals surface area (Å²) in [7, 11) is 5.31. The summed E-state index contributed by atoms with van der Waals surface area (Å²) in [5.74, 6) is 0.345. The zero-order valence-corrected chi connectivity index (χ0v) is 15.0. The van der Waals surface area contributed by atoms with Crippen molar-refractivity contribution in [3.63, 3.8) is 0 Å². The predicted octanol–water partition coefficient (Wildman–Crippen LogP) is -0.177. The van der Waals surface area contributed by atoms with Crippen molar-refractivity contribution in [3.05, 3.63) is 18.0 Å². The first-order valence-electron chi connectivity index (χ1n) is 8.11. The molecule has 1 aromatic rings. The number of hydrogen-bond donors (Lipinski definition) is 1. The van der Waals surface area contributed by atoms with Gasteiger partial charge in [0.05, 0.1) is 5.56 Å². The van der Waals surface area contributed by atoms with Gasteiger partial charge in [-0.3, -0.25) is 14.5 Å². The second-order valence-electron chi connectivity index (χ2n) is 6.38. The standard InChI is InChI=1S/C16H26N6O2/c1-11(2)22-7-6-21(10-13(22)14(23)17-3)15(24)12-8-18-16(19-9-12)20(4)5/h8-9,11,13H,6-7,10H2,1-5H3,(H,17,23)/t13-/m1/s1. The number of rotatable bonds is 4. The molecule has 2 amide bonds. The Bertz CT molecular complexity index is 587. The third-order valence-electron chi connectivity index (χ3n) is 4.21. The highest BCUT2D eigenvalue weighted by Crippen LogP contribution is 2.16. The van der Waals surface area contributed by atoms with Crippen molar-refractivity contribution in [2.75, 3.05) is 45.7 Å². The van der Waals surface area contributed by atoms with Crippen molar-refractivity contribution in [2.45, 2.75) is 25.9 Å². The quantitative estimate of drug-likeness (QED) is 0.823. The molecule has 2 rings (SSSR count). The summed E-state index contributed by atoms with van der Waals surface area (Å²) < 4.78 is 0. The van der Waals surface area contributed by atoms with Crippen molar-refractivity contribution < 1.29 is 9.59 Å². The number of nitrogens with zero attached hydrogens (tertiary/aromatic N) is 5. The number of likely N-dealkylation sites (N-methyl/N-ethyl adjacent to an activating group) is 1. The molecule has 0 radical (unpaired) electrons. The Morgan fingerprint density at radius 3 is 2.38 bits per heavy atom. The van der Waals surface area contributed by atoms with E-state index in [0.717, 1.165) is 0 Å². The molecule has 0 spiro atoms. The van der Waals surface area contributed by atoms with Gasteiger partial charge in [-0.05, 0) is 13.8 Å². The maximum Gasteiger partial charge on any atom is 0.257 e. The fourth-order valence-corrected chi connectivity index (χ4v) is 2.84. The largest absolute Gasteiger partial charge is 0.358 e. The van der Waals surface area contributed by atoms with E-state index in [-0.39, 0.29) is 23.9 Å². The first kappa shape index (κ1) is 18.1. The Balaban J connectivity index is 2.14. The molecule has 24 heavy (non-hydrogen) atoms. The van der Waals surface area contributed by atoms with Gasteiger partial charge in [-0.2, -0.15) is 0 Å². The summed E-state index contributed by atoms with van der Waals surface area (Å²) in [5.41, 5.74) is 0.439. The van der Waals surface area contributed by atoms with Crippen LogP contribution in [0.15, 0.2) is 12.4 Å². The summed E-state index contributed by atoms with van der Waals surface area (Å²) in [5, 5.41) is 2.69. The Hall–Kier alpha value is -2.22. The first-order chi connectivity index (χ1) is 11.3. The smallest absolute Gasteiger partial charge is 0.257 e. The molecule has 8 heteroatoms. The molecule has 1 saturated heterocycles. The molecule has 1 fully saturated rings. The highest BCUT2D eigenvalue weighted by Gasteiger charge is 2.35. The van der Waals surface area contributed by atoms with Gasteiger partial charge in [0.2, 0.25) is 11.9 Å². The lowest BCUT2D eigenvalue weighted by atomic mass is 10.1. The van der Waals surface area contributed by atoms with Crippen LogP contribution in [0.1, 0.15) is 24.2 Å². The van der Waals surface area contributed by atoms with Crippen LogP contribution in [-0.2, 0) is 4.79 Å². The van der Waals surface area contributed by atoms with E-state index in [1.165, 1.54) is 12.4 Å². The number of nitrogens with one attached hydrogen (secondary N) is 1. The summed E-state index contributed by atoms with van der Waals surface area (Å²) >= 11 is 0. The fourth-order valence-electron chi connectivity index (χ4n) is 2.84. The molecule has 0 aliphatic carbocycles. The lowest BCUT2D eigenvalue weighted by Crippen LogP contribution is -2.61. The summed E-state index contributed by atoms with van der Waals surface area (Å²) in [6.07, 6.45) is 3.07. The third kappa shape index (κ3) is 3.81. The molecule has 1 N–H and O–H groups in total. The number of amides is 2. The van der Waals surface area contributed by atoms with Crippen LogP contribution in [0.3, 0.4) is 0 Å². The highest BCUT2D eigenvalue weighted by atomic mass is 16.2. The molecule has 2 heterocycles. The SMILES string of the molecule is CNC(=O)[C@H]1CN(C(=O)c2cnc(N(C)C)nc2)CCN1C(C)C. The molecular weight excluding hydrogens is 308 g/mol. The Labute approximate surface area is 142 Å². The first-order valence-corrected chi connectivity index (χ1v) is 8.11. The minimum Gasteiger partial charge on any atom is -0.358 e. The zero-order chi connectivity index (χ0) is 17.9. The number of carbonyl (C=O) groups excluding carboxylic acids is 2. The number of piperazine rings is 1. The highest BCUT2D eigenvalue weighted by molar-refractivity contribution is 5.94. The van der Waals surface area contributed by atoms with Crippen LogP contribution in [0.4, 0.5) is 5.95 Å². The van der Waals surface area contributed by atoms with E-state index in [9.17, 15) is 9.59 Å². The molecule has 1 aliphatic heterocycles. The van der Waals surface area contributed by atoms with Crippen LogP contribution in [0, 0.1) is 0 Å². The van der Waals surface area contributed by atoms with Crippen LogP contribution in [0.5, 0.6) is 0 Å². The summed E-state index contributed by atoms with van der Waals surface area (Å²) in [4.78, 5) is 38.8. The molecule has 1 aliphatic rings. The normalized spacial score (nSPS) is 18.6. The molecule has 0 bridgehead atoms. The monoisotopic (exact) mass is 334 g/mol. The van der Waals surface area contributed by atoms with Crippen molar-refractivity contribution in [1.82, 2.24) is 25.1 Å². The van der Waals surface area contributed by atoms with Crippen LogP contribution in [-0.4, -0.2) is 84.4 Å². The fraction of sp³-hybridized carbons (Fsp3) is 0.625. The second kappa shape index (κ2) is 7.57. The van der Waals surface area contributed by atoms with Gasteiger partial charge in [0, 0.05) is 59.2 Å². The van der Waals surface area contributed by atoms with E-state index in [1.807, 2.05) is 14.1 Å². The second-order valence-corrected chi connectivity index (χ2v) is 6.38. The topological polar surface area (TPSA) is 81.7 Å². The average Bonchev–Trinajstić information content (AvgIpc) is 2.59. The summed E-state index contributed by atoms with van der Waals surface area (Å²) in [6.45, 7) is 5.73. The van der Waals surface area contributed by atoms with Gasteiger partial charge >= 0.3 is 0 Å². The van der Waals surface area contributed by atoms with Crippen LogP contribution in [0.2, 0.25) is 0 Å². The van der Waals surface area contributed by atoms with Gasteiger partial charge in [0.15, 0.2) is 0 Å². The summed E-state index contributed by atoms with van der Waals surface area (Å²) in [6, 6.07) is -0.0954. The van der Waals surface area contributed by atoms with Crippen LogP contribution < -0.4 is 10.2 Å². The van der Waals surface area contributed by atoms with Gasteiger partial charge in [-0.15, -0.1) is 0 Å². The van der Waals surface area contributed by atoms with E-state index in [1.54, 1.807) is 16.8 Å². The Morgan fingerprint density at radius 2 is 1.88 bits per heavy atom. The number of hydrogen-bond acceptors (Lipinski definition) is 6. The average molecular weight is 334 g/mol. The Morgan fingerprint density at radius 1 is 1.25 bits per heavy atom. The number of anilines is 1. The van der Waals surface area contributed by atoms with E-state index < -0.39 is 0 Å². The minimum absolute atomic E-state index is 0.0691. The Kier molecular flexibility index (Phi) is 5.71. The van der Waals surface area contributed by atoms with E-state index in [0.29, 0.717) is 31.1 Å². The maximum atomic E-state index is 12.7. The van der Waals surface area contributed by atoms with E-state index in [2.05, 4.69) is 34.0 Å². The van der Waals surface area contributed by atoms with Gasteiger partial charge in [-0.1, -0.05) is 0 Å². The van der Waals surface area contributed by atoms with Crippen molar-refractivity contribution in [1.29, 1.82) is 0 Å². The van der Waals surface area contributed by atoms with Crippen LogP contribution in [0.25, 0.3) is 0 Å². The lowest BCUT2D eigenvalue weighted by molar-refractivity contribution is -0.128. The van der Waals surface area contributed by atoms with E-state index in [4.69, 9.17) is 0 Å². The molecule has 0 unspecified atom stereocenters. The van der Waals surface area contributed by atoms with Gasteiger partial charge in [-0.25, -0.2) is 9.97 Å². The molecule has 1 aromatic heterocycles. The lowest BCUT2D eigenvalue weighted by Gasteiger charge is -2.42. The predicted molar refractivity (Wildman–Crippen MR) is 92.0 cm³/mol. The minimum atomic E-state index is -0.338. The molecule has 132 valence electrons. The van der Waals surface area contributed by atoms with Gasteiger partial charge in [0.1, 0.15) is 6.04 Å². The molecule has 1 atom stereocenters. The van der Waals surface area contributed by atoms with Crippen LogP contribution >= 0.6 is 0 Å². The molecule has 0 saturated carbocycles.